The van der Waals surface area contributed by atoms with Crippen LogP contribution in [0, 0.1) is 13.8 Å². The van der Waals surface area contributed by atoms with Crippen LogP contribution in [0.4, 0.5) is 10.5 Å². The number of anilines is 1. The number of imide groups is 1. The van der Waals surface area contributed by atoms with E-state index in [1.54, 1.807) is 13.0 Å². The third-order valence-electron chi connectivity index (χ3n) is 5.01. The van der Waals surface area contributed by atoms with E-state index in [9.17, 15) is 19.2 Å². The van der Waals surface area contributed by atoms with Crippen molar-refractivity contribution in [3.05, 3.63) is 62.0 Å². The van der Waals surface area contributed by atoms with Gasteiger partial charge in [-0.2, -0.15) is 0 Å². The van der Waals surface area contributed by atoms with Crippen LogP contribution in [0.25, 0.3) is 6.08 Å². The molecule has 0 atom stereocenters. The number of carbonyl (C=O) groups is 4. The van der Waals surface area contributed by atoms with Gasteiger partial charge in [-0.25, -0.2) is 4.79 Å². The smallest absolute Gasteiger partial charge is 0.344 e. The lowest BCUT2D eigenvalue weighted by molar-refractivity contribution is -0.145. The van der Waals surface area contributed by atoms with E-state index < -0.39 is 29.6 Å². The molecule has 184 valence electrons. The molecule has 2 aromatic carbocycles. The number of nitrogens with zero attached hydrogens (tertiary/aromatic N) is 1. The van der Waals surface area contributed by atoms with Crippen molar-refractivity contribution in [2.45, 2.75) is 20.8 Å². The van der Waals surface area contributed by atoms with Gasteiger partial charge in [-0.15, -0.1) is 0 Å². The molecule has 1 heterocycles. The summed E-state index contributed by atoms with van der Waals surface area (Å²) in [7, 11) is 0. The summed E-state index contributed by atoms with van der Waals surface area (Å²) in [5.74, 6) is -1.57. The highest BCUT2D eigenvalue weighted by molar-refractivity contribution is 8.18. The topological polar surface area (TPSA) is 102 Å². The predicted molar refractivity (Wildman–Crippen MR) is 136 cm³/mol. The summed E-state index contributed by atoms with van der Waals surface area (Å²) in [6.45, 7) is 4.89. The molecule has 0 spiro atoms. The van der Waals surface area contributed by atoms with Gasteiger partial charge in [0.1, 0.15) is 6.54 Å². The lowest BCUT2D eigenvalue weighted by Gasteiger charge is -2.14. The van der Waals surface area contributed by atoms with Crippen LogP contribution in [-0.4, -0.2) is 47.7 Å². The number of rotatable bonds is 8. The second-order valence-electron chi connectivity index (χ2n) is 7.47. The first-order valence-corrected chi connectivity index (χ1v) is 12.1. The lowest BCUT2D eigenvalue weighted by Crippen LogP contribution is -2.36. The molecule has 0 radical (unpaired) electrons. The fourth-order valence-corrected chi connectivity index (χ4v) is 4.59. The SMILES string of the molecule is CCOC(=O)COc1c(Cl)cc(/C=C2\SC(=O)N(CC(=O)Nc3cccc(C)c3C)C2=O)cc1Cl. The number of hydrogen-bond donors (Lipinski definition) is 1. The Morgan fingerprint density at radius 1 is 1.14 bits per heavy atom. The van der Waals surface area contributed by atoms with E-state index in [4.69, 9.17) is 32.7 Å². The second kappa shape index (κ2) is 11.6. The average Bonchev–Trinajstić information content (AvgIpc) is 3.04. The number of nitrogens with one attached hydrogen (secondary N) is 1. The molecule has 8 nitrogen and oxygen atoms in total. The van der Waals surface area contributed by atoms with Gasteiger partial charge in [-0.3, -0.25) is 19.3 Å². The van der Waals surface area contributed by atoms with Crippen molar-refractivity contribution in [1.82, 2.24) is 4.90 Å². The molecule has 0 saturated carbocycles. The largest absolute Gasteiger partial charge is 0.479 e. The van der Waals surface area contributed by atoms with Crippen LogP contribution in [0.5, 0.6) is 5.75 Å². The maximum absolute atomic E-state index is 12.8. The Bertz CT molecular complexity index is 1210. The number of ether oxygens (including phenoxy) is 2. The van der Waals surface area contributed by atoms with Crippen molar-refractivity contribution >= 4 is 69.8 Å². The van der Waals surface area contributed by atoms with Crippen molar-refractivity contribution in [1.29, 1.82) is 0 Å². The molecule has 1 saturated heterocycles. The third-order valence-corrected chi connectivity index (χ3v) is 6.48. The van der Waals surface area contributed by atoms with E-state index in [0.29, 0.717) is 23.0 Å². The van der Waals surface area contributed by atoms with Gasteiger partial charge in [0.2, 0.25) is 5.91 Å². The van der Waals surface area contributed by atoms with Crippen LogP contribution in [-0.2, 0) is 19.1 Å². The summed E-state index contributed by atoms with van der Waals surface area (Å²) in [4.78, 5) is 50.2. The summed E-state index contributed by atoms with van der Waals surface area (Å²) in [5, 5.41) is 2.39. The number of halogens is 2. The molecule has 3 rings (SSSR count). The van der Waals surface area contributed by atoms with E-state index in [-0.39, 0.29) is 33.9 Å². The molecule has 2 aromatic rings. The summed E-state index contributed by atoms with van der Waals surface area (Å²) < 4.78 is 10.1. The molecule has 11 heteroatoms. The minimum Gasteiger partial charge on any atom is -0.479 e. The molecule has 0 aliphatic carbocycles. The molecular formula is C24H22Cl2N2O6S. The molecule has 1 aliphatic rings. The minimum atomic E-state index is -0.606. The normalized spacial score (nSPS) is 14.4. The molecule has 1 fully saturated rings. The van der Waals surface area contributed by atoms with Crippen LogP contribution < -0.4 is 10.1 Å². The van der Waals surface area contributed by atoms with Crippen LogP contribution in [0.1, 0.15) is 23.6 Å². The Kier molecular flexibility index (Phi) is 8.82. The van der Waals surface area contributed by atoms with Gasteiger partial charge in [0.25, 0.3) is 11.1 Å². The van der Waals surface area contributed by atoms with Crippen molar-refractivity contribution in [2.75, 3.05) is 25.1 Å². The Labute approximate surface area is 216 Å². The first-order chi connectivity index (χ1) is 16.6. The number of thioether (sulfide) groups is 1. The molecule has 0 bridgehead atoms. The molecule has 0 aromatic heterocycles. The molecule has 1 N–H and O–H groups in total. The second-order valence-corrected chi connectivity index (χ2v) is 9.28. The summed E-state index contributed by atoms with van der Waals surface area (Å²) in [5.41, 5.74) is 2.96. The standard InChI is InChI=1S/C24H22Cl2N2O6S/c1-4-33-21(30)12-34-22-16(25)8-15(9-17(22)26)10-19-23(31)28(24(32)35-19)11-20(29)27-18-7-5-6-13(2)14(18)3/h5-10H,4,11-12H2,1-3H3,(H,27,29)/b19-10-. The van der Waals surface area contributed by atoms with Gasteiger partial charge < -0.3 is 14.8 Å². The van der Waals surface area contributed by atoms with Crippen LogP contribution in [0.3, 0.4) is 0 Å². The van der Waals surface area contributed by atoms with Gasteiger partial charge in [-0.1, -0.05) is 35.3 Å². The molecule has 1 aliphatic heterocycles. The van der Waals surface area contributed by atoms with Crippen LogP contribution in [0.2, 0.25) is 10.0 Å². The molecule has 0 unspecified atom stereocenters. The first-order valence-electron chi connectivity index (χ1n) is 10.5. The number of hydrogen-bond acceptors (Lipinski definition) is 7. The number of amides is 3. The Balaban J connectivity index is 1.70. The van der Waals surface area contributed by atoms with Gasteiger partial charge in [0.05, 0.1) is 21.6 Å². The molecule has 35 heavy (non-hydrogen) atoms. The van der Waals surface area contributed by atoms with E-state index in [0.717, 1.165) is 16.0 Å². The van der Waals surface area contributed by atoms with E-state index in [2.05, 4.69) is 5.32 Å². The molecule has 3 amide bonds. The van der Waals surface area contributed by atoms with Gasteiger partial charge >= 0.3 is 5.97 Å². The van der Waals surface area contributed by atoms with E-state index >= 15 is 0 Å². The zero-order valence-electron chi connectivity index (χ0n) is 19.1. The highest BCUT2D eigenvalue weighted by Gasteiger charge is 2.36. The minimum absolute atomic E-state index is 0.0924. The van der Waals surface area contributed by atoms with E-state index in [1.807, 2.05) is 26.0 Å². The third kappa shape index (κ3) is 6.56. The van der Waals surface area contributed by atoms with Crippen molar-refractivity contribution in [3.8, 4) is 5.75 Å². The number of esters is 1. The fourth-order valence-electron chi connectivity index (χ4n) is 3.14. The van der Waals surface area contributed by atoms with E-state index in [1.165, 1.54) is 18.2 Å². The van der Waals surface area contributed by atoms with Crippen LogP contribution in [0.15, 0.2) is 35.2 Å². The number of carbonyl (C=O) groups excluding carboxylic acids is 4. The number of benzene rings is 2. The van der Waals surface area contributed by atoms with Crippen molar-refractivity contribution in [2.24, 2.45) is 0 Å². The Hall–Kier alpha value is -3.01. The first kappa shape index (κ1) is 26.6. The maximum Gasteiger partial charge on any atom is 0.344 e. The fraction of sp³-hybridized carbons (Fsp3) is 0.250. The van der Waals surface area contributed by atoms with Gasteiger partial charge in [0.15, 0.2) is 12.4 Å². The highest BCUT2D eigenvalue weighted by atomic mass is 35.5. The monoisotopic (exact) mass is 536 g/mol. The summed E-state index contributed by atoms with van der Waals surface area (Å²) in [6.07, 6.45) is 1.44. The molecular weight excluding hydrogens is 515 g/mol. The van der Waals surface area contributed by atoms with Crippen molar-refractivity contribution in [3.63, 3.8) is 0 Å². The van der Waals surface area contributed by atoms with Gasteiger partial charge in [-0.05, 0) is 73.5 Å². The highest BCUT2D eigenvalue weighted by Crippen LogP contribution is 2.37. The number of aryl methyl sites for hydroxylation is 1. The van der Waals surface area contributed by atoms with Crippen LogP contribution >= 0.6 is 35.0 Å². The zero-order chi connectivity index (χ0) is 25.7. The Morgan fingerprint density at radius 3 is 2.49 bits per heavy atom. The maximum atomic E-state index is 12.8. The van der Waals surface area contributed by atoms with Crippen molar-refractivity contribution < 1.29 is 28.7 Å². The zero-order valence-corrected chi connectivity index (χ0v) is 21.5. The summed E-state index contributed by atoms with van der Waals surface area (Å²) in [6, 6.07) is 8.44. The Morgan fingerprint density at radius 2 is 1.83 bits per heavy atom. The predicted octanol–water partition coefficient (Wildman–Crippen LogP) is 5.23. The summed E-state index contributed by atoms with van der Waals surface area (Å²) >= 11 is 13.2. The van der Waals surface area contributed by atoms with Gasteiger partial charge in [0, 0.05) is 5.69 Å². The average molecular weight is 537 g/mol. The quantitative estimate of drug-likeness (QED) is 0.364. The lowest BCUT2D eigenvalue weighted by atomic mass is 10.1.